The maximum atomic E-state index is 11.6. The molecule has 2 rings (SSSR count). The van der Waals surface area contributed by atoms with Crippen molar-refractivity contribution in [2.24, 2.45) is 5.92 Å². The average molecular weight is 237 g/mol. The van der Waals surface area contributed by atoms with E-state index in [1.807, 2.05) is 0 Å². The van der Waals surface area contributed by atoms with Gasteiger partial charge in [-0.1, -0.05) is 0 Å². The second-order valence-electron chi connectivity index (χ2n) is 4.32. The molecule has 1 saturated carbocycles. The number of aliphatic carboxylic acids is 1. The number of rotatable bonds is 4. The summed E-state index contributed by atoms with van der Waals surface area (Å²) < 4.78 is 1.54. The van der Waals surface area contributed by atoms with Crippen molar-refractivity contribution in [2.45, 2.75) is 31.8 Å². The van der Waals surface area contributed by atoms with Gasteiger partial charge in [-0.15, -0.1) is 0 Å². The lowest BCUT2D eigenvalue weighted by Gasteiger charge is -2.12. The first-order valence-corrected chi connectivity index (χ1v) is 5.65. The predicted molar refractivity (Wildman–Crippen MR) is 59.1 cm³/mol. The van der Waals surface area contributed by atoms with E-state index in [1.54, 1.807) is 23.1 Å². The highest BCUT2D eigenvalue weighted by Gasteiger charge is 2.30. The van der Waals surface area contributed by atoms with Crippen molar-refractivity contribution in [1.29, 1.82) is 0 Å². The van der Waals surface area contributed by atoms with E-state index in [9.17, 15) is 9.59 Å². The van der Waals surface area contributed by atoms with Crippen LogP contribution in [0.1, 0.15) is 19.3 Å². The normalized spacial score (nSPS) is 23.5. The van der Waals surface area contributed by atoms with Crippen molar-refractivity contribution in [2.75, 3.05) is 0 Å². The standard InChI is InChI=1S/C11H15N3O3/c15-10(7-14-5-1-4-12-14)13-9-3-2-8(6-9)11(16)17/h1,4-5,8-9H,2-3,6-7H2,(H,13,15)(H,16,17)/t8-,9+/m1/s1. The maximum Gasteiger partial charge on any atom is 0.306 e. The molecule has 2 N–H and O–H groups in total. The topological polar surface area (TPSA) is 84.2 Å². The van der Waals surface area contributed by atoms with Gasteiger partial charge in [0.15, 0.2) is 0 Å². The fourth-order valence-corrected chi connectivity index (χ4v) is 2.15. The molecular weight excluding hydrogens is 222 g/mol. The Labute approximate surface area is 98.6 Å². The molecule has 0 aromatic carbocycles. The van der Waals surface area contributed by atoms with Gasteiger partial charge < -0.3 is 10.4 Å². The van der Waals surface area contributed by atoms with Gasteiger partial charge >= 0.3 is 5.97 Å². The monoisotopic (exact) mass is 237 g/mol. The van der Waals surface area contributed by atoms with Crippen LogP contribution in [-0.4, -0.2) is 32.8 Å². The summed E-state index contributed by atoms with van der Waals surface area (Å²) in [7, 11) is 0. The van der Waals surface area contributed by atoms with Crippen LogP contribution >= 0.6 is 0 Å². The lowest BCUT2D eigenvalue weighted by atomic mass is 10.1. The highest BCUT2D eigenvalue weighted by molar-refractivity contribution is 5.76. The molecule has 0 radical (unpaired) electrons. The second kappa shape index (κ2) is 4.99. The van der Waals surface area contributed by atoms with Crippen molar-refractivity contribution >= 4 is 11.9 Å². The molecular formula is C11H15N3O3. The van der Waals surface area contributed by atoms with Gasteiger partial charge in [0.05, 0.1) is 5.92 Å². The third kappa shape index (κ3) is 3.05. The number of amides is 1. The van der Waals surface area contributed by atoms with E-state index >= 15 is 0 Å². The summed E-state index contributed by atoms with van der Waals surface area (Å²) >= 11 is 0. The molecule has 1 aromatic heterocycles. The number of hydrogen-bond acceptors (Lipinski definition) is 3. The third-order valence-electron chi connectivity index (χ3n) is 3.01. The van der Waals surface area contributed by atoms with Crippen LogP contribution in [-0.2, 0) is 16.1 Å². The SMILES string of the molecule is O=C(Cn1cccn1)N[C@H]1CC[C@@H](C(=O)O)C1. The molecule has 1 aliphatic carbocycles. The quantitative estimate of drug-likeness (QED) is 0.786. The Kier molecular flexibility index (Phi) is 3.41. The first-order valence-electron chi connectivity index (χ1n) is 5.65. The fraction of sp³-hybridized carbons (Fsp3) is 0.545. The Morgan fingerprint density at radius 1 is 1.47 bits per heavy atom. The number of carboxylic acid groups (broad SMARTS) is 1. The molecule has 6 heteroatoms. The van der Waals surface area contributed by atoms with E-state index in [2.05, 4.69) is 10.4 Å². The number of nitrogens with zero attached hydrogens (tertiary/aromatic N) is 2. The summed E-state index contributed by atoms with van der Waals surface area (Å²) in [5.41, 5.74) is 0. The van der Waals surface area contributed by atoms with Gasteiger partial charge in [0.25, 0.3) is 0 Å². The van der Waals surface area contributed by atoms with Crippen LogP contribution in [0.2, 0.25) is 0 Å². The molecule has 92 valence electrons. The van der Waals surface area contributed by atoms with Crippen molar-refractivity contribution < 1.29 is 14.7 Å². The van der Waals surface area contributed by atoms with Crippen molar-refractivity contribution in [3.05, 3.63) is 18.5 Å². The van der Waals surface area contributed by atoms with Crippen molar-refractivity contribution in [3.63, 3.8) is 0 Å². The van der Waals surface area contributed by atoms with Crippen LogP contribution in [0.15, 0.2) is 18.5 Å². The van der Waals surface area contributed by atoms with E-state index < -0.39 is 5.97 Å². The second-order valence-corrected chi connectivity index (χ2v) is 4.32. The van der Waals surface area contributed by atoms with Crippen LogP contribution in [0, 0.1) is 5.92 Å². The number of carbonyl (C=O) groups is 2. The Morgan fingerprint density at radius 3 is 2.88 bits per heavy atom. The van der Waals surface area contributed by atoms with E-state index in [0.717, 1.165) is 6.42 Å². The zero-order chi connectivity index (χ0) is 12.3. The molecule has 1 aromatic rings. The highest BCUT2D eigenvalue weighted by atomic mass is 16.4. The highest BCUT2D eigenvalue weighted by Crippen LogP contribution is 2.25. The zero-order valence-corrected chi connectivity index (χ0v) is 9.37. The molecule has 1 heterocycles. The van der Waals surface area contributed by atoms with Crippen LogP contribution in [0.3, 0.4) is 0 Å². The molecule has 1 amide bonds. The molecule has 1 fully saturated rings. The van der Waals surface area contributed by atoms with Crippen LogP contribution in [0.5, 0.6) is 0 Å². The van der Waals surface area contributed by atoms with Gasteiger partial charge in [0.1, 0.15) is 6.54 Å². The van der Waals surface area contributed by atoms with Gasteiger partial charge in [-0.05, 0) is 25.3 Å². The molecule has 0 saturated heterocycles. The van der Waals surface area contributed by atoms with Crippen LogP contribution in [0.4, 0.5) is 0 Å². The Bertz CT molecular complexity index is 402. The van der Waals surface area contributed by atoms with E-state index in [1.165, 1.54) is 0 Å². The Balaban J connectivity index is 1.78. The predicted octanol–water partition coefficient (Wildman–Crippen LogP) is 0.253. The van der Waals surface area contributed by atoms with Gasteiger partial charge in [0.2, 0.25) is 5.91 Å². The number of hydrogen-bond donors (Lipinski definition) is 2. The maximum absolute atomic E-state index is 11.6. The van der Waals surface area contributed by atoms with E-state index in [0.29, 0.717) is 12.8 Å². The summed E-state index contributed by atoms with van der Waals surface area (Å²) in [5.74, 6) is -1.21. The minimum Gasteiger partial charge on any atom is -0.481 e. The molecule has 0 aliphatic heterocycles. The Morgan fingerprint density at radius 2 is 2.29 bits per heavy atom. The van der Waals surface area contributed by atoms with Gasteiger partial charge in [-0.3, -0.25) is 14.3 Å². The Hall–Kier alpha value is -1.85. The summed E-state index contributed by atoms with van der Waals surface area (Å²) in [6.45, 7) is 0.182. The third-order valence-corrected chi connectivity index (χ3v) is 3.01. The fourth-order valence-electron chi connectivity index (χ4n) is 2.15. The van der Waals surface area contributed by atoms with Crippen LogP contribution < -0.4 is 5.32 Å². The average Bonchev–Trinajstić information content (AvgIpc) is 2.88. The largest absolute Gasteiger partial charge is 0.481 e. The molecule has 0 bridgehead atoms. The molecule has 0 unspecified atom stereocenters. The zero-order valence-electron chi connectivity index (χ0n) is 9.37. The molecule has 17 heavy (non-hydrogen) atoms. The van der Waals surface area contributed by atoms with Gasteiger partial charge in [-0.2, -0.15) is 5.10 Å². The first-order chi connectivity index (χ1) is 8.15. The summed E-state index contributed by atoms with van der Waals surface area (Å²) in [5, 5.41) is 15.6. The lowest BCUT2D eigenvalue weighted by Crippen LogP contribution is -2.35. The number of carbonyl (C=O) groups excluding carboxylic acids is 1. The van der Waals surface area contributed by atoms with E-state index in [-0.39, 0.29) is 24.4 Å². The lowest BCUT2D eigenvalue weighted by molar-refractivity contribution is -0.141. The van der Waals surface area contributed by atoms with Gasteiger partial charge in [0, 0.05) is 18.4 Å². The van der Waals surface area contributed by atoms with Gasteiger partial charge in [-0.25, -0.2) is 0 Å². The molecule has 0 spiro atoms. The number of nitrogens with one attached hydrogen (secondary N) is 1. The molecule has 6 nitrogen and oxygen atoms in total. The minimum absolute atomic E-state index is 0.0147. The summed E-state index contributed by atoms with van der Waals surface area (Å²) in [4.78, 5) is 22.4. The minimum atomic E-state index is -0.770. The first kappa shape index (κ1) is 11.6. The smallest absolute Gasteiger partial charge is 0.306 e. The summed E-state index contributed by atoms with van der Waals surface area (Å²) in [6.07, 6.45) is 5.24. The number of carboxylic acids is 1. The molecule has 2 atom stereocenters. The van der Waals surface area contributed by atoms with Crippen LogP contribution in [0.25, 0.3) is 0 Å². The number of aromatic nitrogens is 2. The summed E-state index contributed by atoms with van der Waals surface area (Å²) in [6, 6.07) is 1.74. The van der Waals surface area contributed by atoms with Crippen molar-refractivity contribution in [3.8, 4) is 0 Å². The van der Waals surface area contributed by atoms with Crippen molar-refractivity contribution in [1.82, 2.24) is 15.1 Å². The van der Waals surface area contributed by atoms with E-state index in [4.69, 9.17) is 5.11 Å². The molecule has 1 aliphatic rings.